The van der Waals surface area contributed by atoms with E-state index in [1.165, 1.54) is 0 Å². The van der Waals surface area contributed by atoms with Gasteiger partial charge < -0.3 is 19.9 Å². The summed E-state index contributed by atoms with van der Waals surface area (Å²) in [6.45, 7) is 6.90. The van der Waals surface area contributed by atoms with E-state index in [9.17, 15) is 0 Å². The van der Waals surface area contributed by atoms with Crippen LogP contribution in [0.1, 0.15) is 18.8 Å². The smallest absolute Gasteiger partial charge is 0.219 e. The van der Waals surface area contributed by atoms with Crippen LogP contribution in [0.25, 0.3) is 22.6 Å². The lowest BCUT2D eigenvalue weighted by molar-refractivity contribution is 0.122. The molecule has 146 valence electrons. The summed E-state index contributed by atoms with van der Waals surface area (Å²) >= 11 is 0. The first-order chi connectivity index (χ1) is 13.6. The molecule has 10 heteroatoms. The van der Waals surface area contributed by atoms with Gasteiger partial charge in [-0.2, -0.15) is 0 Å². The Labute approximate surface area is 162 Å². The summed E-state index contributed by atoms with van der Waals surface area (Å²) in [5, 5.41) is 0. The molecule has 2 N–H and O–H groups in total. The van der Waals surface area contributed by atoms with E-state index in [-0.39, 0.29) is 12.0 Å². The summed E-state index contributed by atoms with van der Waals surface area (Å²) in [6, 6.07) is 0.226. The van der Waals surface area contributed by atoms with Crippen LogP contribution < -0.4 is 10.6 Å². The molecule has 5 heterocycles. The number of likely N-dealkylation sites (N-methyl/N-ethyl adjacent to an activating group) is 1. The Morgan fingerprint density at radius 3 is 2.54 bits per heavy atom. The second-order valence-electron chi connectivity index (χ2n) is 7.25. The molecule has 5 rings (SSSR count). The van der Waals surface area contributed by atoms with Gasteiger partial charge in [0.15, 0.2) is 22.8 Å². The van der Waals surface area contributed by atoms with Crippen LogP contribution in [0.2, 0.25) is 0 Å². The fourth-order valence-corrected chi connectivity index (χ4v) is 3.77. The predicted octanol–water partition coefficient (Wildman–Crippen LogP) is 0.709. The van der Waals surface area contributed by atoms with Crippen molar-refractivity contribution < 1.29 is 4.74 Å². The van der Waals surface area contributed by atoms with Crippen LogP contribution in [0, 0.1) is 0 Å². The molecule has 3 aromatic heterocycles. The van der Waals surface area contributed by atoms with Crippen LogP contribution in [-0.4, -0.2) is 74.3 Å². The molecule has 3 aromatic rings. The Hall–Kier alpha value is -2.85. The van der Waals surface area contributed by atoms with Crippen molar-refractivity contribution in [1.29, 1.82) is 0 Å². The van der Waals surface area contributed by atoms with Gasteiger partial charge in [-0.05, 0) is 14.0 Å². The van der Waals surface area contributed by atoms with Crippen LogP contribution in [0.15, 0.2) is 12.4 Å². The molecule has 1 fully saturated rings. The van der Waals surface area contributed by atoms with Crippen LogP contribution >= 0.6 is 0 Å². The highest BCUT2D eigenvalue weighted by Gasteiger charge is 2.29. The number of aromatic nitrogens is 6. The number of nitrogen functional groups attached to an aromatic ring is 1. The zero-order valence-corrected chi connectivity index (χ0v) is 16.0. The van der Waals surface area contributed by atoms with Gasteiger partial charge in [0.2, 0.25) is 5.95 Å². The number of anilines is 2. The molecule has 10 nitrogen and oxygen atoms in total. The number of nitrogens with zero attached hydrogens (tertiary/aromatic N) is 8. The van der Waals surface area contributed by atoms with Crippen molar-refractivity contribution >= 4 is 22.9 Å². The zero-order chi connectivity index (χ0) is 19.3. The number of rotatable bonds is 2. The Balaban J connectivity index is 1.72. The lowest BCUT2D eigenvalue weighted by Crippen LogP contribution is -2.37. The summed E-state index contributed by atoms with van der Waals surface area (Å²) in [5.41, 5.74) is 8.09. The normalized spacial score (nSPS) is 20.5. The predicted molar refractivity (Wildman–Crippen MR) is 105 cm³/mol. The van der Waals surface area contributed by atoms with E-state index < -0.39 is 0 Å². The summed E-state index contributed by atoms with van der Waals surface area (Å²) < 4.78 is 7.74. The van der Waals surface area contributed by atoms with Crippen molar-refractivity contribution in [3.63, 3.8) is 0 Å². The highest BCUT2D eigenvalue weighted by atomic mass is 16.5. The average molecular weight is 381 g/mol. The second kappa shape index (κ2) is 6.64. The van der Waals surface area contributed by atoms with Crippen LogP contribution in [0.4, 0.5) is 11.8 Å². The van der Waals surface area contributed by atoms with Gasteiger partial charge in [0, 0.05) is 38.6 Å². The van der Waals surface area contributed by atoms with E-state index in [2.05, 4.69) is 38.3 Å². The van der Waals surface area contributed by atoms with Gasteiger partial charge in [-0.1, -0.05) is 0 Å². The van der Waals surface area contributed by atoms with Gasteiger partial charge >= 0.3 is 0 Å². The third kappa shape index (κ3) is 2.76. The van der Waals surface area contributed by atoms with Crippen molar-refractivity contribution in [2.75, 3.05) is 50.5 Å². The molecule has 1 saturated heterocycles. The number of ether oxygens (including phenoxy) is 1. The number of imidazole rings is 1. The largest absolute Gasteiger partial charge is 0.378 e. The maximum atomic E-state index is 5.64. The van der Waals surface area contributed by atoms with Crippen molar-refractivity contribution in [3.05, 3.63) is 18.2 Å². The first-order valence-corrected chi connectivity index (χ1v) is 9.51. The van der Waals surface area contributed by atoms with E-state index in [1.807, 2.05) is 0 Å². The molecule has 0 aliphatic carbocycles. The fraction of sp³-hybridized carbons (Fsp3) is 0.500. The Bertz CT molecular complexity index is 1010. The van der Waals surface area contributed by atoms with Gasteiger partial charge in [0.05, 0.1) is 24.8 Å². The minimum Gasteiger partial charge on any atom is -0.378 e. The highest BCUT2D eigenvalue weighted by Crippen LogP contribution is 2.32. The molecule has 0 spiro atoms. The van der Waals surface area contributed by atoms with Crippen LogP contribution in [-0.2, 0) is 11.3 Å². The molecule has 2 aliphatic rings. The van der Waals surface area contributed by atoms with E-state index in [4.69, 9.17) is 25.4 Å². The van der Waals surface area contributed by atoms with Crippen molar-refractivity contribution in [2.24, 2.45) is 0 Å². The molecule has 0 saturated carbocycles. The van der Waals surface area contributed by atoms with E-state index >= 15 is 0 Å². The van der Waals surface area contributed by atoms with Crippen molar-refractivity contribution in [1.82, 2.24) is 34.4 Å². The minimum absolute atomic E-state index is 0.226. The van der Waals surface area contributed by atoms with Crippen molar-refractivity contribution in [3.8, 4) is 11.4 Å². The van der Waals surface area contributed by atoms with Gasteiger partial charge in [-0.3, -0.25) is 4.90 Å². The van der Waals surface area contributed by atoms with Gasteiger partial charge in [-0.15, -0.1) is 0 Å². The maximum absolute atomic E-state index is 5.64. The van der Waals surface area contributed by atoms with E-state index in [1.54, 1.807) is 12.4 Å². The molecule has 1 atom stereocenters. The summed E-state index contributed by atoms with van der Waals surface area (Å²) in [4.78, 5) is 27.4. The maximum Gasteiger partial charge on any atom is 0.219 e. The third-order valence-corrected chi connectivity index (χ3v) is 5.56. The summed E-state index contributed by atoms with van der Waals surface area (Å²) in [7, 11) is 2.12. The van der Waals surface area contributed by atoms with Gasteiger partial charge in [0.1, 0.15) is 5.82 Å². The third-order valence-electron chi connectivity index (χ3n) is 5.56. The molecular weight excluding hydrogens is 358 g/mol. The number of hydrogen-bond acceptors (Lipinski definition) is 9. The first kappa shape index (κ1) is 17.3. The second-order valence-corrected chi connectivity index (χ2v) is 7.25. The van der Waals surface area contributed by atoms with Crippen LogP contribution in [0.3, 0.4) is 0 Å². The standard InChI is InChI=1S/C18H23N9O/c1-11-15-22-13-16(26-5-7-28-8-6-26)23-14(12-9-20-18(19)21-10-12)24-17(13)27(15)4-3-25(11)2/h9-11H,3-8H2,1-2H3,(H2,19,20,21). The number of morpholine rings is 1. The topological polar surface area (TPSA) is 111 Å². The SMILES string of the molecule is CC1c2nc3c(N4CCOCC4)nc(-c4cnc(N)nc4)nc3n2CCN1C. The Morgan fingerprint density at radius 1 is 1.04 bits per heavy atom. The molecule has 0 aromatic carbocycles. The molecule has 1 unspecified atom stereocenters. The lowest BCUT2D eigenvalue weighted by atomic mass is 10.2. The monoisotopic (exact) mass is 381 g/mol. The van der Waals surface area contributed by atoms with Crippen molar-refractivity contribution in [2.45, 2.75) is 19.5 Å². The minimum atomic E-state index is 0.226. The molecule has 2 aliphatic heterocycles. The van der Waals surface area contributed by atoms with Gasteiger partial charge in [0.25, 0.3) is 0 Å². The molecule has 28 heavy (non-hydrogen) atoms. The van der Waals surface area contributed by atoms with E-state index in [0.717, 1.165) is 54.5 Å². The Kier molecular flexibility index (Phi) is 4.09. The fourth-order valence-electron chi connectivity index (χ4n) is 3.77. The molecule has 0 bridgehead atoms. The zero-order valence-electron chi connectivity index (χ0n) is 16.0. The lowest BCUT2D eigenvalue weighted by Gasteiger charge is -2.30. The average Bonchev–Trinajstić information content (AvgIpc) is 3.10. The van der Waals surface area contributed by atoms with E-state index in [0.29, 0.717) is 19.0 Å². The molecule has 0 amide bonds. The Morgan fingerprint density at radius 2 is 1.79 bits per heavy atom. The first-order valence-electron chi connectivity index (χ1n) is 9.51. The summed E-state index contributed by atoms with van der Waals surface area (Å²) in [6.07, 6.45) is 3.33. The molecular formula is C18H23N9O. The van der Waals surface area contributed by atoms with Crippen LogP contribution in [0.5, 0.6) is 0 Å². The summed E-state index contributed by atoms with van der Waals surface area (Å²) in [5.74, 6) is 2.69. The number of nitrogens with two attached hydrogens (primary N) is 1. The highest BCUT2D eigenvalue weighted by molar-refractivity contribution is 5.86. The molecule has 0 radical (unpaired) electrons. The quantitative estimate of drug-likeness (QED) is 0.686. The number of fused-ring (bicyclic) bond motifs is 3. The van der Waals surface area contributed by atoms with Gasteiger partial charge in [-0.25, -0.2) is 24.9 Å². The number of hydrogen-bond donors (Lipinski definition) is 1.